The van der Waals surface area contributed by atoms with Gasteiger partial charge in [0, 0.05) is 27.3 Å². The summed E-state index contributed by atoms with van der Waals surface area (Å²) in [6.45, 7) is 6.31. The first kappa shape index (κ1) is 39.1. The van der Waals surface area contributed by atoms with Crippen molar-refractivity contribution in [2.24, 2.45) is 5.73 Å². The lowest BCUT2D eigenvalue weighted by atomic mass is 10.2. The first-order chi connectivity index (χ1) is 24.6. The van der Waals surface area contributed by atoms with Crippen LogP contribution >= 0.6 is 15.9 Å². The summed E-state index contributed by atoms with van der Waals surface area (Å²) in [5.74, 6) is 0.476. The molecule has 0 spiro atoms. The number of hydrogen-bond donors (Lipinski definition) is 2. The molecule has 10 nitrogen and oxygen atoms in total. The Morgan fingerprint density at radius 2 is 1.14 bits per heavy atom. The van der Waals surface area contributed by atoms with E-state index in [0.717, 1.165) is 0 Å². The van der Waals surface area contributed by atoms with E-state index in [2.05, 4.69) is 36.0 Å². The molecule has 0 aliphatic carbocycles. The first-order valence-electron chi connectivity index (χ1n) is 16.2. The predicted molar refractivity (Wildman–Crippen MR) is 201 cm³/mol. The Hall–Kier alpha value is -4.66. The third kappa shape index (κ3) is 9.99. The Morgan fingerprint density at radius 1 is 0.706 bits per heavy atom. The normalized spacial score (nSPS) is 12.1. The van der Waals surface area contributed by atoms with Crippen molar-refractivity contribution >= 4 is 37.7 Å². The van der Waals surface area contributed by atoms with Crippen LogP contribution in [0.15, 0.2) is 107 Å². The Kier molecular flexibility index (Phi) is 14.6. The second-order valence-corrected chi connectivity index (χ2v) is 12.6. The number of ether oxygens (including phenoxy) is 2. The van der Waals surface area contributed by atoms with Crippen LogP contribution in [0.25, 0.3) is 33.2 Å². The number of benzene rings is 4. The Balaban J connectivity index is 0.000000204. The zero-order chi connectivity index (χ0) is 36.9. The van der Waals surface area contributed by atoms with Gasteiger partial charge in [-0.25, -0.2) is 18.7 Å². The van der Waals surface area contributed by atoms with Gasteiger partial charge in [-0.1, -0.05) is 40.2 Å². The van der Waals surface area contributed by atoms with Gasteiger partial charge in [-0.05, 0) is 86.6 Å². The highest BCUT2D eigenvalue weighted by molar-refractivity contribution is 9.09. The summed E-state index contributed by atoms with van der Waals surface area (Å²) in [6, 6.07) is 25.9. The van der Waals surface area contributed by atoms with E-state index in [9.17, 15) is 18.4 Å². The van der Waals surface area contributed by atoms with Crippen molar-refractivity contribution in [3.63, 3.8) is 0 Å². The van der Waals surface area contributed by atoms with Gasteiger partial charge < -0.3 is 20.5 Å². The largest absolute Gasteiger partial charge is 0.383 e. The van der Waals surface area contributed by atoms with Crippen LogP contribution in [-0.2, 0) is 9.47 Å². The number of hydrogen-bond acceptors (Lipinski definition) is 8. The zero-order valence-corrected chi connectivity index (χ0v) is 30.4. The van der Waals surface area contributed by atoms with E-state index < -0.39 is 0 Å². The summed E-state index contributed by atoms with van der Waals surface area (Å²) in [5.41, 5.74) is 7.16. The molecular weight excluding hydrogens is 722 g/mol. The molecule has 0 amide bonds. The summed E-state index contributed by atoms with van der Waals surface area (Å²) in [6.07, 6.45) is 0. The van der Waals surface area contributed by atoms with Gasteiger partial charge in [-0.3, -0.25) is 18.7 Å². The molecule has 4 aromatic carbocycles. The number of nitrogens with zero attached hydrogens (tertiary/aromatic N) is 4. The summed E-state index contributed by atoms with van der Waals surface area (Å²) in [5, 5.41) is 4.36. The van der Waals surface area contributed by atoms with E-state index >= 15 is 0 Å². The Bertz CT molecular complexity index is 2140. The number of aromatic nitrogens is 4. The number of para-hydroxylation sites is 2. The fourth-order valence-corrected chi connectivity index (χ4v) is 5.43. The minimum atomic E-state index is -0.349. The number of fused-ring (bicyclic) bond motifs is 2. The SMILES string of the molecule is CC(Br)c1nc2ccccc2c(=O)n1-c1ccc(F)cc1.COCCN.COCCNC(C)c1nc2ccccc2c(=O)n1-c1ccc(F)cc1. The van der Waals surface area contributed by atoms with Gasteiger partial charge in [0.15, 0.2) is 0 Å². The number of methoxy groups -OCH3 is 2. The molecule has 0 aliphatic rings. The molecule has 2 unspecified atom stereocenters. The molecule has 0 saturated heterocycles. The maximum atomic E-state index is 13.3. The molecule has 268 valence electrons. The summed E-state index contributed by atoms with van der Waals surface area (Å²) < 4.78 is 39.1. The van der Waals surface area contributed by atoms with E-state index in [4.69, 9.17) is 10.5 Å². The van der Waals surface area contributed by atoms with E-state index in [-0.39, 0.29) is 33.6 Å². The molecule has 6 aromatic rings. The fourth-order valence-electron chi connectivity index (χ4n) is 5.12. The van der Waals surface area contributed by atoms with E-state index in [1.165, 1.54) is 33.4 Å². The van der Waals surface area contributed by atoms with Crippen LogP contribution in [0.2, 0.25) is 0 Å². The third-order valence-corrected chi connectivity index (χ3v) is 8.00. The average Bonchev–Trinajstić information content (AvgIpc) is 3.13. The smallest absolute Gasteiger partial charge is 0.266 e. The molecule has 0 bridgehead atoms. The van der Waals surface area contributed by atoms with Gasteiger partial charge in [0.05, 0.1) is 57.3 Å². The lowest BCUT2D eigenvalue weighted by Crippen LogP contribution is -2.31. The molecule has 51 heavy (non-hydrogen) atoms. The van der Waals surface area contributed by atoms with Gasteiger partial charge in [0.25, 0.3) is 11.1 Å². The van der Waals surface area contributed by atoms with Crippen LogP contribution in [0.4, 0.5) is 8.78 Å². The van der Waals surface area contributed by atoms with Gasteiger partial charge in [0.1, 0.15) is 23.3 Å². The van der Waals surface area contributed by atoms with Crippen molar-refractivity contribution in [3.05, 3.63) is 141 Å². The molecule has 3 N–H and O–H groups in total. The lowest BCUT2D eigenvalue weighted by molar-refractivity contribution is 0.196. The number of halogens is 3. The van der Waals surface area contributed by atoms with Crippen molar-refractivity contribution < 1.29 is 18.3 Å². The molecule has 0 radical (unpaired) electrons. The van der Waals surface area contributed by atoms with Crippen LogP contribution in [0.3, 0.4) is 0 Å². The molecule has 0 fully saturated rings. The predicted octanol–water partition coefficient (Wildman–Crippen LogP) is 6.39. The maximum Gasteiger partial charge on any atom is 0.266 e. The topological polar surface area (TPSA) is 126 Å². The molecule has 2 atom stereocenters. The molecule has 2 heterocycles. The van der Waals surface area contributed by atoms with Crippen LogP contribution in [0, 0.1) is 11.6 Å². The number of rotatable bonds is 10. The molecule has 13 heteroatoms. The van der Waals surface area contributed by atoms with E-state index in [1.54, 1.807) is 62.8 Å². The lowest BCUT2D eigenvalue weighted by Gasteiger charge is -2.19. The monoisotopic (exact) mass is 762 g/mol. The average molecular weight is 764 g/mol. The van der Waals surface area contributed by atoms with Crippen molar-refractivity contribution in [1.29, 1.82) is 0 Å². The summed E-state index contributed by atoms with van der Waals surface area (Å²) in [4.78, 5) is 34.9. The molecular formula is C38H41BrF2N6O4. The van der Waals surface area contributed by atoms with Crippen molar-refractivity contribution in [3.8, 4) is 11.4 Å². The van der Waals surface area contributed by atoms with Crippen LogP contribution in [0.1, 0.15) is 36.4 Å². The van der Waals surface area contributed by atoms with Gasteiger partial charge in [-0.2, -0.15) is 0 Å². The molecule has 2 aromatic heterocycles. The number of nitrogens with one attached hydrogen (secondary N) is 1. The van der Waals surface area contributed by atoms with Crippen molar-refractivity contribution in [2.45, 2.75) is 24.7 Å². The van der Waals surface area contributed by atoms with Crippen molar-refractivity contribution in [2.75, 3.05) is 40.5 Å². The highest BCUT2D eigenvalue weighted by Gasteiger charge is 2.18. The van der Waals surface area contributed by atoms with E-state index in [0.29, 0.717) is 71.1 Å². The van der Waals surface area contributed by atoms with E-state index in [1.807, 2.05) is 38.1 Å². The van der Waals surface area contributed by atoms with Crippen LogP contribution in [0.5, 0.6) is 0 Å². The maximum absolute atomic E-state index is 13.3. The van der Waals surface area contributed by atoms with Crippen LogP contribution in [-0.4, -0.2) is 59.6 Å². The summed E-state index contributed by atoms with van der Waals surface area (Å²) >= 11 is 3.47. The fraction of sp³-hybridized carbons (Fsp3) is 0.263. The number of nitrogens with two attached hydrogens (primary N) is 1. The number of alkyl halides is 1. The minimum Gasteiger partial charge on any atom is -0.383 e. The Labute approximate surface area is 303 Å². The summed E-state index contributed by atoms with van der Waals surface area (Å²) in [7, 11) is 3.27. The standard InChI is InChI=1S/C19H20FN3O2.C16H12BrFN2O.C3H9NO/c1-13(21-11-12-25-2)18-22-17-6-4-3-5-16(17)19(24)23(18)15-9-7-14(20)8-10-15;1-10(17)15-19-14-5-3-2-4-13(14)16(21)20(15)12-8-6-11(18)7-9-12;1-5-3-2-4/h3-10,13,21H,11-12H2,1-2H3;2-10H,1H3;2-4H2,1H3. The van der Waals surface area contributed by atoms with Gasteiger partial charge >= 0.3 is 0 Å². The quantitative estimate of drug-likeness (QED) is 0.122. The van der Waals surface area contributed by atoms with Crippen molar-refractivity contribution in [1.82, 2.24) is 24.4 Å². The molecule has 6 rings (SSSR count). The first-order valence-corrected chi connectivity index (χ1v) is 17.1. The second kappa shape index (κ2) is 19.1. The Morgan fingerprint density at radius 3 is 1.55 bits per heavy atom. The third-order valence-electron chi connectivity index (χ3n) is 7.59. The highest BCUT2D eigenvalue weighted by Crippen LogP contribution is 2.24. The minimum absolute atomic E-state index is 0.111. The zero-order valence-electron chi connectivity index (χ0n) is 28.9. The van der Waals surface area contributed by atoms with Crippen LogP contribution < -0.4 is 22.2 Å². The molecule has 0 saturated carbocycles. The van der Waals surface area contributed by atoms with Gasteiger partial charge in [0.2, 0.25) is 0 Å². The van der Waals surface area contributed by atoms with Gasteiger partial charge in [-0.15, -0.1) is 0 Å². The highest BCUT2D eigenvalue weighted by atomic mass is 79.9. The second-order valence-electron chi connectivity index (χ2n) is 11.3. The molecule has 0 aliphatic heterocycles.